The second kappa shape index (κ2) is 6.44. The summed E-state index contributed by atoms with van der Waals surface area (Å²) >= 11 is 0. The molecule has 1 N–H and O–H groups in total. The molecule has 0 bridgehead atoms. The van der Waals surface area contributed by atoms with Gasteiger partial charge in [-0.1, -0.05) is 18.2 Å². The van der Waals surface area contributed by atoms with Crippen LogP contribution in [0.4, 0.5) is 0 Å². The molecule has 0 aliphatic rings. The Labute approximate surface area is 119 Å². The normalized spacial score (nSPS) is 10.4. The maximum absolute atomic E-state index is 9.37. The molecule has 0 aliphatic carbocycles. The Bertz CT molecular complexity index is 571. The van der Waals surface area contributed by atoms with Crippen molar-refractivity contribution in [2.75, 3.05) is 7.11 Å². The molecule has 0 radical (unpaired) electrons. The molecule has 3 nitrogen and oxygen atoms in total. The lowest BCUT2D eigenvalue weighted by atomic mass is 10.0. The van der Waals surface area contributed by atoms with Gasteiger partial charge in [-0.3, -0.25) is 0 Å². The van der Waals surface area contributed by atoms with E-state index in [4.69, 9.17) is 9.47 Å². The average molecular weight is 272 g/mol. The molecule has 0 saturated carbocycles. The summed E-state index contributed by atoms with van der Waals surface area (Å²) in [7, 11) is 1.61. The van der Waals surface area contributed by atoms with Crippen LogP contribution in [0, 0.1) is 13.8 Å². The minimum Gasteiger partial charge on any atom is -0.497 e. The Kier molecular flexibility index (Phi) is 4.64. The molecule has 0 fully saturated rings. The zero-order valence-corrected chi connectivity index (χ0v) is 12.1. The first-order chi connectivity index (χ1) is 9.65. The summed E-state index contributed by atoms with van der Waals surface area (Å²) in [6, 6.07) is 11.6. The van der Waals surface area contributed by atoms with Crippen LogP contribution in [-0.4, -0.2) is 12.2 Å². The van der Waals surface area contributed by atoms with E-state index >= 15 is 0 Å². The van der Waals surface area contributed by atoms with Crippen LogP contribution in [0.15, 0.2) is 36.4 Å². The number of aryl methyl sites for hydroxylation is 2. The largest absolute Gasteiger partial charge is 0.497 e. The second-order valence-corrected chi connectivity index (χ2v) is 4.79. The van der Waals surface area contributed by atoms with Crippen molar-refractivity contribution in [2.45, 2.75) is 27.1 Å². The van der Waals surface area contributed by atoms with Gasteiger partial charge in [0, 0.05) is 11.6 Å². The molecular weight excluding hydrogens is 252 g/mol. The highest BCUT2D eigenvalue weighted by molar-refractivity contribution is 5.41. The zero-order valence-electron chi connectivity index (χ0n) is 12.1. The molecule has 2 rings (SSSR count). The first-order valence-electron chi connectivity index (χ1n) is 6.61. The molecule has 0 aliphatic heterocycles. The molecule has 0 atom stereocenters. The number of aliphatic hydroxyl groups is 1. The molecular formula is C17H20O3. The monoisotopic (exact) mass is 272 g/mol. The van der Waals surface area contributed by atoms with Gasteiger partial charge in [0.2, 0.25) is 0 Å². The second-order valence-electron chi connectivity index (χ2n) is 4.79. The third-order valence-corrected chi connectivity index (χ3v) is 3.46. The van der Waals surface area contributed by atoms with E-state index in [9.17, 15) is 5.11 Å². The lowest BCUT2D eigenvalue weighted by Crippen LogP contribution is -2.03. The summed E-state index contributed by atoms with van der Waals surface area (Å²) in [6.45, 7) is 4.58. The number of rotatable bonds is 5. The maximum Gasteiger partial charge on any atom is 0.129 e. The fourth-order valence-corrected chi connectivity index (χ4v) is 2.15. The minimum absolute atomic E-state index is 0.0495. The van der Waals surface area contributed by atoms with Crippen molar-refractivity contribution in [3.63, 3.8) is 0 Å². The Morgan fingerprint density at radius 3 is 2.35 bits per heavy atom. The SMILES string of the molecule is COc1ccc(CO)c(OCc2c(C)cccc2C)c1. The van der Waals surface area contributed by atoms with Crippen molar-refractivity contribution >= 4 is 0 Å². The number of ether oxygens (including phenoxy) is 2. The number of hydrogen-bond donors (Lipinski definition) is 1. The smallest absolute Gasteiger partial charge is 0.129 e. The van der Waals surface area contributed by atoms with Gasteiger partial charge in [0.25, 0.3) is 0 Å². The van der Waals surface area contributed by atoms with Crippen molar-refractivity contribution < 1.29 is 14.6 Å². The van der Waals surface area contributed by atoms with Crippen LogP contribution < -0.4 is 9.47 Å². The molecule has 0 amide bonds. The van der Waals surface area contributed by atoms with Crippen LogP contribution in [-0.2, 0) is 13.2 Å². The third-order valence-electron chi connectivity index (χ3n) is 3.46. The molecule has 20 heavy (non-hydrogen) atoms. The van der Waals surface area contributed by atoms with Gasteiger partial charge in [-0.05, 0) is 42.7 Å². The van der Waals surface area contributed by atoms with Gasteiger partial charge in [-0.2, -0.15) is 0 Å². The lowest BCUT2D eigenvalue weighted by Gasteiger charge is -2.14. The summed E-state index contributed by atoms with van der Waals surface area (Å²) in [4.78, 5) is 0. The minimum atomic E-state index is -0.0495. The summed E-state index contributed by atoms with van der Waals surface area (Å²) < 4.78 is 11.1. The van der Waals surface area contributed by atoms with Gasteiger partial charge in [0.15, 0.2) is 0 Å². The van der Waals surface area contributed by atoms with E-state index in [1.54, 1.807) is 13.2 Å². The summed E-state index contributed by atoms with van der Waals surface area (Å²) in [6.07, 6.45) is 0. The maximum atomic E-state index is 9.37. The highest BCUT2D eigenvalue weighted by Gasteiger charge is 2.08. The van der Waals surface area contributed by atoms with Crippen molar-refractivity contribution in [3.05, 3.63) is 58.7 Å². The highest BCUT2D eigenvalue weighted by atomic mass is 16.5. The van der Waals surface area contributed by atoms with Crippen LogP contribution in [0.5, 0.6) is 11.5 Å². The van der Waals surface area contributed by atoms with Crippen LogP contribution in [0.1, 0.15) is 22.3 Å². The Hall–Kier alpha value is -2.00. The van der Waals surface area contributed by atoms with Gasteiger partial charge in [-0.25, -0.2) is 0 Å². The van der Waals surface area contributed by atoms with Crippen molar-refractivity contribution in [1.29, 1.82) is 0 Å². The van der Waals surface area contributed by atoms with E-state index in [1.807, 2.05) is 18.2 Å². The molecule has 0 unspecified atom stereocenters. The highest BCUT2D eigenvalue weighted by Crippen LogP contribution is 2.26. The van der Waals surface area contributed by atoms with Gasteiger partial charge in [0.05, 0.1) is 13.7 Å². The standard InChI is InChI=1S/C17H20O3/c1-12-5-4-6-13(2)16(12)11-20-17-9-15(19-3)8-7-14(17)10-18/h4-9,18H,10-11H2,1-3H3. The molecule has 0 heterocycles. The molecule has 2 aromatic rings. The average Bonchev–Trinajstić information content (AvgIpc) is 2.46. The van der Waals surface area contributed by atoms with Crippen molar-refractivity contribution in [1.82, 2.24) is 0 Å². The predicted molar refractivity (Wildman–Crippen MR) is 79.2 cm³/mol. The van der Waals surface area contributed by atoms with E-state index in [-0.39, 0.29) is 6.61 Å². The number of aliphatic hydroxyl groups excluding tert-OH is 1. The first-order valence-corrected chi connectivity index (χ1v) is 6.61. The molecule has 0 saturated heterocycles. The van der Waals surface area contributed by atoms with E-state index < -0.39 is 0 Å². The Morgan fingerprint density at radius 1 is 1.05 bits per heavy atom. The third kappa shape index (κ3) is 3.11. The fourth-order valence-electron chi connectivity index (χ4n) is 2.15. The zero-order chi connectivity index (χ0) is 14.5. The number of methoxy groups -OCH3 is 1. The van der Waals surface area contributed by atoms with Crippen molar-refractivity contribution in [3.8, 4) is 11.5 Å². The summed E-state index contributed by atoms with van der Waals surface area (Å²) in [5.41, 5.74) is 4.35. The molecule has 0 aromatic heterocycles. The number of benzene rings is 2. The Balaban J connectivity index is 2.22. The fraction of sp³-hybridized carbons (Fsp3) is 0.294. The quantitative estimate of drug-likeness (QED) is 0.906. The van der Waals surface area contributed by atoms with Crippen LogP contribution in [0.2, 0.25) is 0 Å². The van der Waals surface area contributed by atoms with Gasteiger partial charge in [0.1, 0.15) is 18.1 Å². The van der Waals surface area contributed by atoms with Gasteiger partial charge in [-0.15, -0.1) is 0 Å². The molecule has 0 spiro atoms. The lowest BCUT2D eigenvalue weighted by molar-refractivity contribution is 0.257. The van der Waals surface area contributed by atoms with Crippen LogP contribution in [0.3, 0.4) is 0 Å². The van der Waals surface area contributed by atoms with E-state index in [1.165, 1.54) is 16.7 Å². The molecule has 2 aromatic carbocycles. The van der Waals surface area contributed by atoms with Crippen molar-refractivity contribution in [2.24, 2.45) is 0 Å². The van der Waals surface area contributed by atoms with E-state index in [0.717, 1.165) is 11.3 Å². The topological polar surface area (TPSA) is 38.7 Å². The first kappa shape index (κ1) is 14.4. The molecule has 106 valence electrons. The van der Waals surface area contributed by atoms with Gasteiger partial charge >= 0.3 is 0 Å². The summed E-state index contributed by atoms with van der Waals surface area (Å²) in [5, 5.41) is 9.37. The van der Waals surface area contributed by atoms with E-state index in [0.29, 0.717) is 12.4 Å². The Morgan fingerprint density at radius 2 is 1.75 bits per heavy atom. The number of hydrogen-bond acceptors (Lipinski definition) is 3. The van der Waals surface area contributed by atoms with E-state index in [2.05, 4.69) is 26.0 Å². The predicted octanol–water partition coefficient (Wildman–Crippen LogP) is 3.38. The van der Waals surface area contributed by atoms with Crippen LogP contribution in [0.25, 0.3) is 0 Å². The summed E-state index contributed by atoms with van der Waals surface area (Å²) in [5.74, 6) is 1.38. The van der Waals surface area contributed by atoms with Gasteiger partial charge < -0.3 is 14.6 Å². The van der Waals surface area contributed by atoms with Crippen LogP contribution >= 0.6 is 0 Å². The molecule has 3 heteroatoms.